The predicted octanol–water partition coefficient (Wildman–Crippen LogP) is 4.90. The Morgan fingerprint density at radius 2 is 1.92 bits per heavy atom. The summed E-state index contributed by atoms with van der Waals surface area (Å²) >= 11 is 6.74. The van der Waals surface area contributed by atoms with Gasteiger partial charge in [0.15, 0.2) is 10.0 Å². The van der Waals surface area contributed by atoms with Crippen LogP contribution in [0.4, 0.5) is 11.4 Å². The second kappa shape index (κ2) is 8.79. The summed E-state index contributed by atoms with van der Waals surface area (Å²) in [6.45, 7) is 6.74. The molecule has 0 saturated heterocycles. The Morgan fingerprint density at radius 1 is 1.21 bits per heavy atom. The van der Waals surface area contributed by atoms with E-state index in [-0.39, 0.29) is 0 Å². The number of nitrogens with zero attached hydrogens (tertiary/aromatic N) is 4. The molecule has 0 bridgehead atoms. The van der Waals surface area contributed by atoms with Crippen LogP contribution in [0.15, 0.2) is 34.5 Å². The number of azo groups is 1. The van der Waals surface area contributed by atoms with Crippen LogP contribution in [0.25, 0.3) is 0 Å². The minimum Gasteiger partial charge on any atom is -0.492 e. The SMILES string of the molecule is CCOc1ccccc1N=Nc1c(C)nn(C(=S)SC)c1OCC. The van der Waals surface area contributed by atoms with Crippen molar-refractivity contribution in [1.29, 1.82) is 0 Å². The van der Waals surface area contributed by atoms with Gasteiger partial charge in [0, 0.05) is 0 Å². The summed E-state index contributed by atoms with van der Waals surface area (Å²) in [6, 6.07) is 7.50. The van der Waals surface area contributed by atoms with Gasteiger partial charge in [0.1, 0.15) is 11.4 Å². The molecule has 8 heteroatoms. The van der Waals surface area contributed by atoms with Crippen molar-refractivity contribution in [3.8, 4) is 11.6 Å². The summed E-state index contributed by atoms with van der Waals surface area (Å²) in [7, 11) is 0. The molecule has 0 amide bonds. The van der Waals surface area contributed by atoms with E-state index < -0.39 is 0 Å². The highest BCUT2D eigenvalue weighted by Crippen LogP contribution is 2.35. The molecule has 0 aliphatic carbocycles. The van der Waals surface area contributed by atoms with Crippen molar-refractivity contribution >= 4 is 39.7 Å². The average Bonchev–Trinajstić information content (AvgIpc) is 2.90. The van der Waals surface area contributed by atoms with Crippen molar-refractivity contribution in [2.24, 2.45) is 10.2 Å². The van der Waals surface area contributed by atoms with Crippen molar-refractivity contribution in [1.82, 2.24) is 9.78 Å². The molecule has 1 heterocycles. The second-order valence-corrected chi connectivity index (χ2v) is 6.09. The number of para-hydroxylation sites is 1. The summed E-state index contributed by atoms with van der Waals surface area (Å²) in [5.41, 5.74) is 1.92. The normalized spacial score (nSPS) is 11.0. The summed E-state index contributed by atoms with van der Waals surface area (Å²) in [6.07, 6.45) is 1.90. The summed E-state index contributed by atoms with van der Waals surface area (Å²) in [5, 5.41) is 13.1. The number of hydrogen-bond donors (Lipinski definition) is 0. The monoisotopic (exact) mass is 364 g/mol. The van der Waals surface area contributed by atoms with Gasteiger partial charge < -0.3 is 9.47 Å². The van der Waals surface area contributed by atoms with Crippen LogP contribution in [0, 0.1) is 6.92 Å². The number of ether oxygens (including phenoxy) is 2. The molecular formula is C16H20N4O2S2. The number of aromatic nitrogens is 2. The first-order valence-electron chi connectivity index (χ1n) is 7.56. The third-order valence-corrected chi connectivity index (χ3v) is 4.23. The zero-order valence-corrected chi connectivity index (χ0v) is 15.8. The maximum atomic E-state index is 5.69. The van der Waals surface area contributed by atoms with Crippen LogP contribution >= 0.6 is 24.0 Å². The van der Waals surface area contributed by atoms with Crippen LogP contribution in [0.3, 0.4) is 0 Å². The number of benzene rings is 1. The molecule has 0 aliphatic heterocycles. The lowest BCUT2D eigenvalue weighted by Crippen LogP contribution is -2.09. The van der Waals surface area contributed by atoms with Crippen molar-refractivity contribution in [2.45, 2.75) is 20.8 Å². The fourth-order valence-electron chi connectivity index (χ4n) is 2.01. The molecule has 0 fully saturated rings. The van der Waals surface area contributed by atoms with Gasteiger partial charge in [0.2, 0.25) is 5.88 Å². The zero-order chi connectivity index (χ0) is 17.5. The number of hydrogen-bond acceptors (Lipinski definition) is 7. The molecule has 0 radical (unpaired) electrons. The van der Waals surface area contributed by atoms with Crippen LogP contribution < -0.4 is 9.47 Å². The van der Waals surface area contributed by atoms with E-state index in [9.17, 15) is 0 Å². The smallest absolute Gasteiger partial charge is 0.246 e. The van der Waals surface area contributed by atoms with E-state index in [4.69, 9.17) is 21.7 Å². The third-order valence-electron chi connectivity index (χ3n) is 3.04. The molecule has 24 heavy (non-hydrogen) atoms. The molecule has 1 aromatic heterocycles. The predicted molar refractivity (Wildman–Crippen MR) is 101 cm³/mol. The molecule has 2 aromatic rings. The minimum absolute atomic E-state index is 0.486. The zero-order valence-electron chi connectivity index (χ0n) is 14.1. The van der Waals surface area contributed by atoms with Gasteiger partial charge in [-0.1, -0.05) is 36.1 Å². The van der Waals surface area contributed by atoms with Crippen LogP contribution in [-0.4, -0.2) is 33.6 Å². The molecular weight excluding hydrogens is 344 g/mol. The standard InChI is InChI=1S/C16H20N4O2S2/c1-5-21-13-10-8-7-9-12(13)17-18-14-11(3)19-20(16(23)24-4)15(14)22-6-2/h7-10H,5-6H2,1-4H3. The van der Waals surface area contributed by atoms with Crippen molar-refractivity contribution in [3.63, 3.8) is 0 Å². The van der Waals surface area contributed by atoms with Gasteiger partial charge in [0.25, 0.3) is 0 Å². The molecule has 6 nitrogen and oxygen atoms in total. The third kappa shape index (κ3) is 4.12. The summed E-state index contributed by atoms with van der Waals surface area (Å²) in [5.74, 6) is 1.19. The minimum atomic E-state index is 0.486. The maximum absolute atomic E-state index is 5.69. The molecule has 0 spiro atoms. The highest BCUT2D eigenvalue weighted by molar-refractivity contribution is 8.22. The fraction of sp³-hybridized carbons (Fsp3) is 0.375. The Bertz CT molecular complexity index is 744. The highest BCUT2D eigenvalue weighted by atomic mass is 32.2. The van der Waals surface area contributed by atoms with Gasteiger partial charge >= 0.3 is 0 Å². The van der Waals surface area contributed by atoms with E-state index >= 15 is 0 Å². The molecule has 0 unspecified atom stereocenters. The van der Waals surface area contributed by atoms with Crippen molar-refractivity contribution in [3.05, 3.63) is 30.0 Å². The van der Waals surface area contributed by atoms with Gasteiger partial charge in [-0.25, -0.2) is 0 Å². The lowest BCUT2D eigenvalue weighted by atomic mass is 10.3. The molecule has 0 saturated carbocycles. The topological polar surface area (TPSA) is 61.0 Å². The number of thiocarbonyl (C=S) groups is 1. The lowest BCUT2D eigenvalue weighted by molar-refractivity contribution is 0.321. The van der Waals surface area contributed by atoms with Gasteiger partial charge in [-0.05, 0) is 39.2 Å². The second-order valence-electron chi connectivity index (χ2n) is 4.65. The molecule has 0 N–H and O–H groups in total. The Kier molecular flexibility index (Phi) is 6.74. The lowest BCUT2D eigenvalue weighted by Gasteiger charge is -2.07. The van der Waals surface area contributed by atoms with Crippen LogP contribution in [0.5, 0.6) is 11.6 Å². The Balaban J connectivity index is 2.42. The number of aryl methyl sites for hydroxylation is 1. The Morgan fingerprint density at radius 3 is 2.58 bits per heavy atom. The average molecular weight is 364 g/mol. The van der Waals surface area contributed by atoms with Crippen molar-refractivity contribution < 1.29 is 9.47 Å². The van der Waals surface area contributed by atoms with E-state index in [1.807, 2.05) is 51.3 Å². The van der Waals surface area contributed by atoms with E-state index in [1.165, 1.54) is 11.8 Å². The quantitative estimate of drug-likeness (QED) is 0.539. The van der Waals surface area contributed by atoms with E-state index in [0.29, 0.717) is 46.2 Å². The highest BCUT2D eigenvalue weighted by Gasteiger charge is 2.19. The Hall–Kier alpha value is -1.93. The Labute approximate surface area is 151 Å². The molecule has 2 rings (SSSR count). The van der Waals surface area contributed by atoms with E-state index in [1.54, 1.807) is 4.68 Å². The molecule has 128 valence electrons. The number of thioether (sulfide) groups is 1. The molecule has 0 atom stereocenters. The largest absolute Gasteiger partial charge is 0.492 e. The first-order chi connectivity index (χ1) is 11.6. The van der Waals surface area contributed by atoms with Crippen molar-refractivity contribution in [2.75, 3.05) is 19.5 Å². The maximum Gasteiger partial charge on any atom is 0.246 e. The van der Waals surface area contributed by atoms with Gasteiger partial charge in [-0.15, -0.1) is 10.2 Å². The summed E-state index contributed by atoms with van der Waals surface area (Å²) < 4.78 is 13.4. The first-order valence-corrected chi connectivity index (χ1v) is 9.19. The van der Waals surface area contributed by atoms with Gasteiger partial charge in [-0.2, -0.15) is 9.78 Å². The first kappa shape index (κ1) is 18.4. The summed E-state index contributed by atoms with van der Waals surface area (Å²) in [4.78, 5) is 0. The van der Waals surface area contributed by atoms with Gasteiger partial charge in [-0.3, -0.25) is 0 Å². The van der Waals surface area contributed by atoms with Gasteiger partial charge in [0.05, 0.1) is 18.9 Å². The van der Waals surface area contributed by atoms with E-state index in [0.717, 1.165) is 0 Å². The van der Waals surface area contributed by atoms with Crippen LogP contribution in [0.1, 0.15) is 19.5 Å². The van der Waals surface area contributed by atoms with Crippen LogP contribution in [-0.2, 0) is 0 Å². The van der Waals surface area contributed by atoms with Crippen LogP contribution in [0.2, 0.25) is 0 Å². The molecule has 0 aliphatic rings. The molecule has 1 aromatic carbocycles. The van der Waals surface area contributed by atoms with E-state index in [2.05, 4.69) is 15.3 Å². The number of rotatable bonds is 6. The fourth-order valence-corrected chi connectivity index (χ4v) is 2.43.